The molecule has 4 N–H and O–H groups in total. The van der Waals surface area contributed by atoms with E-state index in [0.29, 0.717) is 6.42 Å². The molecule has 0 aromatic rings. The molecule has 0 aliphatic rings. The molecule has 0 aliphatic carbocycles. The van der Waals surface area contributed by atoms with E-state index in [0.717, 1.165) is 19.3 Å². The lowest BCUT2D eigenvalue weighted by Crippen LogP contribution is -2.34. The highest BCUT2D eigenvalue weighted by Crippen LogP contribution is 2.11. The van der Waals surface area contributed by atoms with Gasteiger partial charge in [-0.3, -0.25) is 9.59 Å². The van der Waals surface area contributed by atoms with E-state index < -0.39 is 17.7 Å². The predicted octanol–water partition coefficient (Wildman–Crippen LogP) is 0.934. The Balaban J connectivity index is 3.62. The molecular weight excluding hydrogens is 180 g/mol. The van der Waals surface area contributed by atoms with Crippen LogP contribution in [-0.2, 0) is 9.59 Å². The fraction of sp³-hybridized carbons (Fsp3) is 0.800. The zero-order chi connectivity index (χ0) is 11.0. The van der Waals surface area contributed by atoms with Crippen LogP contribution in [0.1, 0.15) is 45.4 Å². The number of hydrogen-bond acceptors (Lipinski definition) is 2. The molecule has 14 heavy (non-hydrogen) atoms. The van der Waals surface area contributed by atoms with Gasteiger partial charge in [-0.15, -0.1) is 0 Å². The quantitative estimate of drug-likeness (QED) is 0.451. The van der Waals surface area contributed by atoms with Gasteiger partial charge in [0, 0.05) is 0 Å². The Labute approximate surface area is 85.0 Å². The van der Waals surface area contributed by atoms with Gasteiger partial charge in [0.1, 0.15) is 5.92 Å². The molecule has 2 amide bonds. The summed E-state index contributed by atoms with van der Waals surface area (Å²) in [6, 6.07) is 0. The topological polar surface area (TPSA) is 86.2 Å². The van der Waals surface area contributed by atoms with E-state index in [-0.39, 0.29) is 0 Å². The van der Waals surface area contributed by atoms with Crippen LogP contribution in [0.3, 0.4) is 0 Å². The van der Waals surface area contributed by atoms with Crippen molar-refractivity contribution in [3.8, 4) is 0 Å². The van der Waals surface area contributed by atoms with E-state index in [4.69, 9.17) is 11.5 Å². The fourth-order valence-corrected chi connectivity index (χ4v) is 1.38. The van der Waals surface area contributed by atoms with Crippen molar-refractivity contribution in [1.29, 1.82) is 0 Å². The summed E-state index contributed by atoms with van der Waals surface area (Å²) in [7, 11) is 0. The van der Waals surface area contributed by atoms with Crippen LogP contribution in [0.15, 0.2) is 0 Å². The summed E-state index contributed by atoms with van der Waals surface area (Å²) in [5, 5.41) is 0. The molecule has 4 heteroatoms. The molecule has 82 valence electrons. The van der Waals surface area contributed by atoms with Crippen LogP contribution in [0.2, 0.25) is 0 Å². The minimum atomic E-state index is -0.781. The van der Waals surface area contributed by atoms with Gasteiger partial charge in [0.15, 0.2) is 0 Å². The summed E-state index contributed by atoms with van der Waals surface area (Å²) in [5.41, 5.74) is 10.1. The summed E-state index contributed by atoms with van der Waals surface area (Å²) >= 11 is 0. The third kappa shape index (κ3) is 5.56. The summed E-state index contributed by atoms with van der Waals surface area (Å²) in [4.78, 5) is 21.6. The first-order chi connectivity index (χ1) is 6.59. The molecule has 0 unspecified atom stereocenters. The first kappa shape index (κ1) is 12.9. The van der Waals surface area contributed by atoms with Gasteiger partial charge < -0.3 is 11.5 Å². The Morgan fingerprint density at radius 2 is 1.50 bits per heavy atom. The lowest BCUT2D eigenvalue weighted by Gasteiger charge is -2.08. The van der Waals surface area contributed by atoms with Crippen molar-refractivity contribution in [2.24, 2.45) is 17.4 Å². The van der Waals surface area contributed by atoms with Crippen molar-refractivity contribution < 1.29 is 9.59 Å². The van der Waals surface area contributed by atoms with Gasteiger partial charge in [-0.1, -0.05) is 39.0 Å². The van der Waals surface area contributed by atoms with E-state index in [9.17, 15) is 9.59 Å². The van der Waals surface area contributed by atoms with Gasteiger partial charge in [-0.25, -0.2) is 0 Å². The molecule has 0 radical (unpaired) electrons. The molecule has 4 nitrogen and oxygen atoms in total. The van der Waals surface area contributed by atoms with Gasteiger partial charge in [-0.05, 0) is 6.42 Å². The molecule has 0 fully saturated rings. The number of hydrogen-bond donors (Lipinski definition) is 2. The average molecular weight is 200 g/mol. The summed E-state index contributed by atoms with van der Waals surface area (Å²) in [6.45, 7) is 2.13. The molecule has 0 aromatic carbocycles. The highest BCUT2D eigenvalue weighted by molar-refractivity contribution is 5.98. The van der Waals surface area contributed by atoms with Gasteiger partial charge in [0.05, 0.1) is 0 Å². The van der Waals surface area contributed by atoms with Crippen LogP contribution in [-0.4, -0.2) is 11.8 Å². The largest absolute Gasteiger partial charge is 0.369 e. The SMILES string of the molecule is CCCCCCCC(C(N)=O)C(N)=O. The second kappa shape index (κ2) is 7.35. The van der Waals surface area contributed by atoms with Crippen LogP contribution in [0, 0.1) is 5.92 Å². The smallest absolute Gasteiger partial charge is 0.229 e. The molecule has 0 saturated carbocycles. The summed E-state index contributed by atoms with van der Waals surface area (Å²) in [6.07, 6.45) is 5.88. The Morgan fingerprint density at radius 3 is 1.93 bits per heavy atom. The van der Waals surface area contributed by atoms with E-state index in [1.54, 1.807) is 0 Å². The number of carbonyl (C=O) groups is 2. The molecule has 0 bridgehead atoms. The zero-order valence-electron chi connectivity index (χ0n) is 8.79. The molecule has 0 atom stereocenters. The van der Waals surface area contributed by atoms with Crippen molar-refractivity contribution in [3.05, 3.63) is 0 Å². The van der Waals surface area contributed by atoms with Crippen LogP contribution in [0.5, 0.6) is 0 Å². The molecule has 0 spiro atoms. The van der Waals surface area contributed by atoms with Crippen LogP contribution in [0.25, 0.3) is 0 Å². The van der Waals surface area contributed by atoms with Gasteiger partial charge in [0.25, 0.3) is 0 Å². The maximum Gasteiger partial charge on any atom is 0.229 e. The minimum Gasteiger partial charge on any atom is -0.369 e. The van der Waals surface area contributed by atoms with E-state index in [2.05, 4.69) is 6.92 Å². The maximum absolute atomic E-state index is 10.8. The van der Waals surface area contributed by atoms with Crippen molar-refractivity contribution >= 4 is 11.8 Å². The highest BCUT2D eigenvalue weighted by Gasteiger charge is 2.20. The first-order valence-electron chi connectivity index (χ1n) is 5.18. The lowest BCUT2D eigenvalue weighted by molar-refractivity contribution is -0.131. The fourth-order valence-electron chi connectivity index (χ4n) is 1.38. The molecular formula is C10H20N2O2. The van der Waals surface area contributed by atoms with Gasteiger partial charge in [-0.2, -0.15) is 0 Å². The number of rotatable bonds is 8. The molecule has 0 rings (SSSR count). The monoisotopic (exact) mass is 200 g/mol. The second-order valence-corrected chi connectivity index (χ2v) is 3.56. The Morgan fingerprint density at radius 1 is 1.00 bits per heavy atom. The van der Waals surface area contributed by atoms with E-state index in [1.165, 1.54) is 12.8 Å². The first-order valence-corrected chi connectivity index (χ1v) is 5.18. The molecule has 0 aliphatic heterocycles. The molecule has 0 aromatic heterocycles. The number of primary amides is 2. The maximum atomic E-state index is 10.8. The van der Waals surface area contributed by atoms with Crippen molar-refractivity contribution in [2.45, 2.75) is 45.4 Å². The average Bonchev–Trinajstić information content (AvgIpc) is 2.09. The molecule has 0 saturated heterocycles. The minimum absolute atomic E-state index is 0.494. The number of amides is 2. The van der Waals surface area contributed by atoms with Crippen LogP contribution >= 0.6 is 0 Å². The van der Waals surface area contributed by atoms with Crippen molar-refractivity contribution in [3.63, 3.8) is 0 Å². The predicted molar refractivity (Wildman–Crippen MR) is 55.3 cm³/mol. The van der Waals surface area contributed by atoms with Gasteiger partial charge >= 0.3 is 0 Å². The second-order valence-electron chi connectivity index (χ2n) is 3.56. The third-order valence-corrected chi connectivity index (χ3v) is 2.28. The Kier molecular flexibility index (Phi) is 6.80. The van der Waals surface area contributed by atoms with Gasteiger partial charge in [0.2, 0.25) is 11.8 Å². The van der Waals surface area contributed by atoms with E-state index in [1.807, 2.05) is 0 Å². The number of unbranched alkanes of at least 4 members (excludes halogenated alkanes) is 4. The highest BCUT2D eigenvalue weighted by atomic mass is 16.2. The summed E-state index contributed by atoms with van der Waals surface area (Å²) in [5.74, 6) is -1.99. The van der Waals surface area contributed by atoms with Crippen LogP contribution in [0.4, 0.5) is 0 Å². The normalized spacial score (nSPS) is 10.4. The number of nitrogens with two attached hydrogens (primary N) is 2. The molecule has 0 heterocycles. The lowest BCUT2D eigenvalue weighted by atomic mass is 9.99. The van der Waals surface area contributed by atoms with Crippen molar-refractivity contribution in [2.75, 3.05) is 0 Å². The standard InChI is InChI=1S/C10H20N2O2/c1-2-3-4-5-6-7-8(9(11)13)10(12)14/h8H,2-7H2,1H3,(H2,11,13)(H2,12,14). The van der Waals surface area contributed by atoms with Crippen LogP contribution < -0.4 is 11.5 Å². The van der Waals surface area contributed by atoms with Crippen molar-refractivity contribution in [1.82, 2.24) is 0 Å². The zero-order valence-corrected chi connectivity index (χ0v) is 8.79. The Hall–Kier alpha value is -1.06. The Bertz CT molecular complexity index is 179. The van der Waals surface area contributed by atoms with E-state index >= 15 is 0 Å². The number of carbonyl (C=O) groups excluding carboxylic acids is 2. The summed E-state index contributed by atoms with van der Waals surface area (Å²) < 4.78 is 0. The third-order valence-electron chi connectivity index (χ3n) is 2.28.